The van der Waals surface area contributed by atoms with Crippen molar-refractivity contribution in [3.8, 4) is 0 Å². The molecule has 0 bridgehead atoms. The van der Waals surface area contributed by atoms with Gasteiger partial charge in [0.1, 0.15) is 5.82 Å². The van der Waals surface area contributed by atoms with Gasteiger partial charge in [0, 0.05) is 0 Å². The maximum atomic E-state index is 11.9. The van der Waals surface area contributed by atoms with E-state index in [2.05, 4.69) is 10.4 Å². The molecule has 1 saturated heterocycles. The van der Waals surface area contributed by atoms with Crippen LogP contribution >= 0.6 is 0 Å². The van der Waals surface area contributed by atoms with Gasteiger partial charge in [-0.2, -0.15) is 0 Å². The first-order valence-corrected chi connectivity index (χ1v) is 6.74. The second-order valence-corrected chi connectivity index (χ2v) is 6.90. The molecule has 0 aliphatic carbocycles. The Balaban J connectivity index is 2.24. The number of aromatic nitrogens is 1. The van der Waals surface area contributed by atoms with Crippen LogP contribution in [0.2, 0.25) is 0 Å². The highest BCUT2D eigenvalue weighted by atomic mass is 32.2. The van der Waals surface area contributed by atoms with Crippen LogP contribution in [0.4, 0.5) is 5.82 Å². The number of nitrogens with zero attached hydrogens (tertiary/aromatic N) is 2. The van der Waals surface area contributed by atoms with Gasteiger partial charge in [-0.3, -0.25) is 4.79 Å². The van der Waals surface area contributed by atoms with Gasteiger partial charge >= 0.3 is 0 Å². The van der Waals surface area contributed by atoms with Crippen molar-refractivity contribution >= 4 is 21.7 Å². The van der Waals surface area contributed by atoms with E-state index in [1.807, 2.05) is 0 Å². The summed E-state index contributed by atoms with van der Waals surface area (Å²) in [5, 5.41) is 0. The Hall–Kier alpha value is -1.67. The number of sulfonamides is 1. The minimum absolute atomic E-state index is 0.0693. The minimum atomic E-state index is -3.58. The van der Waals surface area contributed by atoms with Crippen molar-refractivity contribution in [3.63, 3.8) is 0 Å². The van der Waals surface area contributed by atoms with Crippen LogP contribution in [-0.4, -0.2) is 28.4 Å². The first-order valence-electron chi connectivity index (χ1n) is 5.30. The topological polar surface area (TPSA) is 105 Å². The lowest BCUT2D eigenvalue weighted by molar-refractivity contribution is -0.132. The molecule has 0 aromatic carbocycles. The first kappa shape index (κ1) is 12.8. The Labute approximate surface area is 105 Å². The van der Waals surface area contributed by atoms with E-state index in [0.29, 0.717) is 11.5 Å². The number of nitrogens with one attached hydrogen (secondary N) is 1. The smallest absolute Gasteiger partial charge is 0.259 e. The largest absolute Gasteiger partial charge is 0.308 e. The van der Waals surface area contributed by atoms with E-state index in [4.69, 9.17) is 5.84 Å². The van der Waals surface area contributed by atoms with Crippen LogP contribution < -0.4 is 11.3 Å². The number of carbonyl (C=O) groups is 1. The maximum Gasteiger partial charge on any atom is 0.259 e. The lowest BCUT2D eigenvalue weighted by Crippen LogP contribution is -2.66. The zero-order chi connectivity index (χ0) is 13.6. The van der Waals surface area contributed by atoms with E-state index in [1.54, 1.807) is 18.2 Å². The molecule has 0 unspecified atom stereocenters. The Bertz CT molecular complexity index is 597. The van der Waals surface area contributed by atoms with Crippen molar-refractivity contribution in [2.24, 2.45) is 5.84 Å². The summed E-state index contributed by atoms with van der Waals surface area (Å²) in [7, 11) is -3.58. The molecular weight excluding hydrogens is 256 g/mol. The molecule has 98 valence electrons. The second-order valence-electron chi connectivity index (χ2n) is 4.49. The van der Waals surface area contributed by atoms with Gasteiger partial charge in [0.2, 0.25) is 0 Å². The van der Waals surface area contributed by atoms with Crippen LogP contribution in [0.1, 0.15) is 19.5 Å². The molecule has 1 aromatic heterocycles. The highest BCUT2D eigenvalue weighted by Crippen LogP contribution is 2.35. The van der Waals surface area contributed by atoms with E-state index in [0.717, 1.165) is 4.31 Å². The Morgan fingerprint density at radius 3 is 2.67 bits per heavy atom. The highest BCUT2D eigenvalue weighted by Gasteiger charge is 2.60. The number of anilines is 1. The summed E-state index contributed by atoms with van der Waals surface area (Å²) in [6, 6.07) is 4.95. The monoisotopic (exact) mass is 270 g/mol. The number of nitrogens with two attached hydrogens (primary N) is 1. The molecule has 7 nitrogen and oxygen atoms in total. The Morgan fingerprint density at radius 1 is 1.44 bits per heavy atom. The first-order chi connectivity index (χ1) is 8.30. The van der Waals surface area contributed by atoms with Crippen LogP contribution in [0.15, 0.2) is 18.2 Å². The fourth-order valence-corrected chi connectivity index (χ4v) is 3.21. The number of rotatable bonds is 3. The predicted octanol–water partition coefficient (Wildman–Crippen LogP) is -0.182. The van der Waals surface area contributed by atoms with Crippen molar-refractivity contribution in [2.75, 3.05) is 5.43 Å². The van der Waals surface area contributed by atoms with Gasteiger partial charge in [-0.05, 0) is 26.0 Å². The highest BCUT2D eigenvalue weighted by molar-refractivity contribution is 7.94. The van der Waals surface area contributed by atoms with Gasteiger partial charge in [0.25, 0.3) is 15.9 Å². The third-order valence-corrected chi connectivity index (χ3v) is 5.28. The summed E-state index contributed by atoms with van der Waals surface area (Å²) in [5.74, 6) is 5.20. The fraction of sp³-hybridized carbons (Fsp3) is 0.400. The van der Waals surface area contributed by atoms with Crippen molar-refractivity contribution in [1.82, 2.24) is 9.29 Å². The van der Waals surface area contributed by atoms with Crippen LogP contribution in [-0.2, 0) is 21.4 Å². The molecule has 1 fully saturated rings. The van der Waals surface area contributed by atoms with Crippen LogP contribution in [0.5, 0.6) is 0 Å². The molecule has 2 heterocycles. The van der Waals surface area contributed by atoms with Gasteiger partial charge in [-0.1, -0.05) is 6.07 Å². The van der Waals surface area contributed by atoms with E-state index < -0.39 is 20.7 Å². The van der Waals surface area contributed by atoms with Crippen LogP contribution in [0.25, 0.3) is 0 Å². The van der Waals surface area contributed by atoms with Crippen molar-refractivity contribution in [3.05, 3.63) is 23.9 Å². The minimum Gasteiger partial charge on any atom is -0.308 e. The number of carbonyl (C=O) groups excluding carboxylic acids is 1. The predicted molar refractivity (Wildman–Crippen MR) is 65.6 cm³/mol. The number of nitrogen functional groups attached to an aromatic ring is 1. The Kier molecular flexibility index (Phi) is 2.78. The lowest BCUT2D eigenvalue weighted by Gasteiger charge is -2.42. The summed E-state index contributed by atoms with van der Waals surface area (Å²) in [4.78, 5) is 15.8. The standard InChI is InChI=1S/C10H14N4O3S/c1-10(2)9(15)14(18(10,16)17)6-7-4-3-5-8(12-7)13-11/h3-5H,6,11H2,1-2H3,(H,12,13). The van der Waals surface area contributed by atoms with E-state index in [1.165, 1.54) is 13.8 Å². The number of hydrogen-bond donors (Lipinski definition) is 2. The van der Waals surface area contributed by atoms with E-state index >= 15 is 0 Å². The summed E-state index contributed by atoms with van der Waals surface area (Å²) in [6.45, 7) is 2.72. The van der Waals surface area contributed by atoms with Gasteiger partial charge in [0.15, 0.2) is 4.75 Å². The molecule has 2 rings (SSSR count). The average Bonchev–Trinajstić information content (AvgIpc) is 2.35. The molecule has 1 aliphatic rings. The quantitative estimate of drug-likeness (QED) is 0.583. The van der Waals surface area contributed by atoms with E-state index in [-0.39, 0.29) is 6.54 Å². The fourth-order valence-electron chi connectivity index (χ4n) is 1.71. The summed E-state index contributed by atoms with van der Waals surface area (Å²) < 4.78 is 23.2. The normalized spacial score (nSPS) is 20.4. The van der Waals surface area contributed by atoms with Crippen molar-refractivity contribution < 1.29 is 13.2 Å². The van der Waals surface area contributed by atoms with Gasteiger partial charge < -0.3 is 5.43 Å². The molecule has 0 atom stereocenters. The summed E-state index contributed by atoms with van der Waals surface area (Å²) >= 11 is 0. The molecule has 0 radical (unpaired) electrons. The molecular formula is C10H14N4O3S. The molecule has 18 heavy (non-hydrogen) atoms. The third-order valence-electron chi connectivity index (χ3n) is 2.94. The zero-order valence-electron chi connectivity index (χ0n) is 10.0. The van der Waals surface area contributed by atoms with Gasteiger partial charge in [-0.15, -0.1) is 0 Å². The Morgan fingerprint density at radius 2 is 2.11 bits per heavy atom. The third kappa shape index (κ3) is 1.65. The average molecular weight is 270 g/mol. The van der Waals surface area contributed by atoms with Crippen molar-refractivity contribution in [1.29, 1.82) is 0 Å². The number of amides is 1. The van der Waals surface area contributed by atoms with Crippen molar-refractivity contribution in [2.45, 2.75) is 25.1 Å². The zero-order valence-corrected chi connectivity index (χ0v) is 10.9. The van der Waals surface area contributed by atoms with Gasteiger partial charge in [-0.25, -0.2) is 23.5 Å². The molecule has 1 aromatic rings. The summed E-state index contributed by atoms with van der Waals surface area (Å²) in [5.41, 5.74) is 2.82. The molecule has 3 N–H and O–H groups in total. The molecule has 8 heteroatoms. The molecule has 1 aliphatic heterocycles. The molecule has 1 amide bonds. The van der Waals surface area contributed by atoms with Gasteiger partial charge in [0.05, 0.1) is 12.2 Å². The molecule has 0 spiro atoms. The SMILES string of the molecule is CC1(C)C(=O)N(Cc2cccc(NN)n2)S1(=O)=O. The summed E-state index contributed by atoms with van der Waals surface area (Å²) in [6.07, 6.45) is 0. The molecule has 0 saturated carbocycles. The van der Waals surface area contributed by atoms with Crippen LogP contribution in [0.3, 0.4) is 0 Å². The number of hydrazine groups is 1. The van der Waals surface area contributed by atoms with Crippen LogP contribution in [0, 0.1) is 0 Å². The lowest BCUT2D eigenvalue weighted by atomic mass is 10.2. The number of hydrogen-bond acceptors (Lipinski definition) is 6. The van der Waals surface area contributed by atoms with E-state index in [9.17, 15) is 13.2 Å². The second kappa shape index (κ2) is 3.92. The number of pyridine rings is 1. The maximum absolute atomic E-state index is 11.9.